The van der Waals surface area contributed by atoms with Gasteiger partial charge in [0.15, 0.2) is 0 Å². The number of halogens is 3. The summed E-state index contributed by atoms with van der Waals surface area (Å²) >= 11 is 0. The van der Waals surface area contributed by atoms with Crippen molar-refractivity contribution >= 4 is 0 Å². The minimum absolute atomic E-state index is 0. The van der Waals surface area contributed by atoms with Gasteiger partial charge in [0.25, 0.3) is 0 Å². The zero-order chi connectivity index (χ0) is 0. The topological polar surface area (TPSA) is 0 Å². The average molecular weight is 491 g/mol. The molecule has 0 spiro atoms. The molecule has 0 aliphatic carbocycles. The second-order valence-electron chi connectivity index (χ2n) is 0. The van der Waals surface area contributed by atoms with Crippen LogP contribution in [0.1, 0.15) is 0 Å². The van der Waals surface area contributed by atoms with E-state index >= 15 is 0 Å². The van der Waals surface area contributed by atoms with Crippen molar-refractivity contribution in [3.05, 3.63) is 0 Å². The summed E-state index contributed by atoms with van der Waals surface area (Å²) in [4.78, 5) is 0. The quantitative estimate of drug-likeness (QED) is 0.317. The van der Waals surface area contributed by atoms with Crippen molar-refractivity contribution in [3.63, 3.8) is 0 Å². The molecular formula is Br3Cf-3. The first kappa shape index (κ1) is 271. The maximum absolute atomic E-state index is 0. The van der Waals surface area contributed by atoms with Crippen LogP contribution in [0.3, 0.4) is 0 Å². The second kappa shape index (κ2) is 106. The molecule has 0 aliphatic heterocycles. The first-order valence-corrected chi connectivity index (χ1v) is 0. The van der Waals surface area contributed by atoms with E-state index in [1.807, 2.05) is 0 Å². The average Bonchev–Trinajstić information content (AvgIpc) is 0. The summed E-state index contributed by atoms with van der Waals surface area (Å²) in [7, 11) is 0. The predicted octanol–water partition coefficient (Wildman–Crippen LogP) is -8.99. The summed E-state index contributed by atoms with van der Waals surface area (Å²) in [5, 5.41) is 0. The van der Waals surface area contributed by atoms with Gasteiger partial charge >= 0.3 is 0 Å². The summed E-state index contributed by atoms with van der Waals surface area (Å²) in [6.45, 7) is 0. The zero-order valence-corrected chi connectivity index (χ0v) is 8.84. The molecule has 0 heterocycles. The first-order chi connectivity index (χ1) is 0. The van der Waals surface area contributed by atoms with Crippen LogP contribution >= 0.6 is 0 Å². The summed E-state index contributed by atoms with van der Waals surface area (Å²) in [5.74, 6) is 0. The fourth-order valence-electron chi connectivity index (χ4n) is 0. The molecule has 4 heteroatoms. The predicted molar refractivity (Wildman–Crippen MR) is 0 cm³/mol. The number of hydrogen-bond acceptors (Lipinski definition) is 0. The van der Waals surface area contributed by atoms with Crippen molar-refractivity contribution in [2.45, 2.75) is 0 Å². The van der Waals surface area contributed by atoms with Gasteiger partial charge in [0, 0.05) is 0 Å². The van der Waals surface area contributed by atoms with Gasteiger partial charge in [0.2, 0.25) is 0 Å². The Labute approximate surface area is 50.9 Å². The van der Waals surface area contributed by atoms with E-state index in [1.165, 1.54) is 0 Å². The van der Waals surface area contributed by atoms with E-state index in [4.69, 9.17) is 0 Å². The van der Waals surface area contributed by atoms with Crippen LogP contribution in [0, 0.1) is 0 Å². The maximum Gasteiger partial charge on any atom is 0 e. The van der Waals surface area contributed by atoms with Crippen LogP contribution in [0.15, 0.2) is 0 Å². The summed E-state index contributed by atoms with van der Waals surface area (Å²) in [6.07, 6.45) is 0. The van der Waals surface area contributed by atoms with E-state index in [-0.39, 0.29) is 50.9 Å². The van der Waals surface area contributed by atoms with Crippen molar-refractivity contribution in [2.75, 3.05) is 0 Å². The van der Waals surface area contributed by atoms with Crippen molar-refractivity contribution in [2.24, 2.45) is 0 Å². The Morgan fingerprint density at radius 3 is 0.500 bits per heavy atom. The molecule has 0 saturated heterocycles. The Kier molecular flexibility index (Phi) is 7180. The van der Waals surface area contributed by atoms with Crippen molar-refractivity contribution in [1.82, 2.24) is 0 Å². The van der Waals surface area contributed by atoms with Gasteiger partial charge in [-0.1, -0.05) is 0 Å². The Hall–Kier alpha value is 0.440. The third kappa shape index (κ3) is 26.1. The van der Waals surface area contributed by atoms with Gasteiger partial charge in [0.1, 0.15) is 0 Å². The van der Waals surface area contributed by atoms with Crippen LogP contribution in [0.2, 0.25) is 0 Å². The number of hydrogen-bond donors (Lipinski definition) is 0. The van der Waals surface area contributed by atoms with Crippen molar-refractivity contribution in [1.29, 1.82) is 0 Å². The minimum Gasteiger partial charge on any atom is -1.00 e. The van der Waals surface area contributed by atoms with Crippen LogP contribution in [0.25, 0.3) is 0 Å². The Balaban J connectivity index is 0. The van der Waals surface area contributed by atoms with E-state index in [1.54, 1.807) is 0 Å². The third-order valence-corrected chi connectivity index (χ3v) is 0. The molecule has 0 bridgehead atoms. The maximum atomic E-state index is 0. The van der Waals surface area contributed by atoms with Crippen LogP contribution in [0.5, 0.6) is 0 Å². The molecule has 0 aromatic rings. The van der Waals surface area contributed by atoms with Crippen LogP contribution < -0.4 is 50.9 Å². The van der Waals surface area contributed by atoms with E-state index in [9.17, 15) is 0 Å². The standard InChI is InChI=1S/3BrH.Cf/h3*1H;/p-3. The van der Waals surface area contributed by atoms with Crippen molar-refractivity contribution in [3.8, 4) is 0 Å². The molecule has 0 radical (unpaired) electrons. The second-order valence-corrected chi connectivity index (χ2v) is 0. The Morgan fingerprint density at radius 1 is 0.500 bits per heavy atom. The molecular weight excluding hydrogens is 491 g/mol. The van der Waals surface area contributed by atoms with Crippen LogP contribution in [-0.4, -0.2) is 0 Å². The van der Waals surface area contributed by atoms with Gasteiger partial charge in [-0.2, -0.15) is 0 Å². The van der Waals surface area contributed by atoms with Crippen LogP contribution in [0.4, 0.5) is 0 Å². The summed E-state index contributed by atoms with van der Waals surface area (Å²) < 4.78 is 0. The molecule has 4 heavy (non-hydrogen) atoms. The summed E-state index contributed by atoms with van der Waals surface area (Å²) in [6, 6.07) is 0. The fraction of sp³-hybridized carbons (Fsp3) is 0. The largest absolute Gasteiger partial charge is 1.00 e. The van der Waals surface area contributed by atoms with Crippen LogP contribution in [-0.2, 0) is 0 Å². The molecule has 0 nitrogen and oxygen atoms in total. The summed E-state index contributed by atoms with van der Waals surface area (Å²) in [5.41, 5.74) is 0. The van der Waals surface area contributed by atoms with E-state index < -0.39 is 0 Å². The smallest absolute Gasteiger partial charge is 0 e. The van der Waals surface area contributed by atoms with E-state index in [0.717, 1.165) is 0 Å². The molecule has 0 aromatic heterocycles. The van der Waals surface area contributed by atoms with Gasteiger partial charge in [-0.25, -0.2) is 0 Å². The van der Waals surface area contributed by atoms with E-state index in [0.29, 0.717) is 0 Å². The monoisotopic (exact) mass is 486 g/mol. The molecule has 0 aliphatic rings. The Bertz CT molecular complexity index is 3.25. The van der Waals surface area contributed by atoms with Gasteiger partial charge in [0.05, 0.1) is 0 Å². The number of rotatable bonds is 0. The fourth-order valence-corrected chi connectivity index (χ4v) is 0. The van der Waals surface area contributed by atoms with Crippen molar-refractivity contribution < 1.29 is 50.9 Å². The molecule has 0 atom stereocenters. The van der Waals surface area contributed by atoms with Gasteiger partial charge in [-0.05, 0) is 0 Å². The van der Waals surface area contributed by atoms with Gasteiger partial charge < -0.3 is 50.9 Å². The molecule has 0 unspecified atom stereocenters. The normalized spacial score (nSPS) is 0. The molecule has 0 aromatic carbocycles. The molecule has 0 fully saturated rings. The molecule has 0 N–H and O–H groups in total. The molecule has 34 valence electrons. The Morgan fingerprint density at radius 2 is 0.500 bits per heavy atom. The third-order valence-electron chi connectivity index (χ3n) is 0. The van der Waals surface area contributed by atoms with Gasteiger partial charge in [-0.15, -0.1) is 0 Å². The zero-order valence-electron chi connectivity index (χ0n) is 1.45. The SMILES string of the molecule is [Br-].[Br-].[Br-].[Cf]. The first-order valence-electron chi connectivity index (χ1n) is 0. The molecule has 0 amide bonds. The minimum atomic E-state index is 0. The molecule has 0 rings (SSSR count). The van der Waals surface area contributed by atoms with Gasteiger partial charge in [-0.3, -0.25) is 0 Å². The molecule has 0 saturated carbocycles. The van der Waals surface area contributed by atoms with E-state index in [2.05, 4.69) is 0 Å².